The normalized spacial score (nSPS) is 30.4. The summed E-state index contributed by atoms with van der Waals surface area (Å²) in [5, 5.41) is 0. The summed E-state index contributed by atoms with van der Waals surface area (Å²) in [4.78, 5) is 11.3. The molecule has 1 rings (SSSR count). The summed E-state index contributed by atoms with van der Waals surface area (Å²) in [6.07, 6.45) is 1.88. The first-order chi connectivity index (χ1) is 5.11. The van der Waals surface area contributed by atoms with E-state index in [1.165, 1.54) is 0 Å². The highest BCUT2D eigenvalue weighted by atomic mass is 16.5. The largest absolute Gasteiger partial charge is 0.367 e. The van der Waals surface area contributed by atoms with Gasteiger partial charge in [0.05, 0.1) is 6.10 Å². The third-order valence-corrected chi connectivity index (χ3v) is 1.95. The topological polar surface area (TPSA) is 26.3 Å². The van der Waals surface area contributed by atoms with E-state index in [9.17, 15) is 4.79 Å². The maximum atomic E-state index is 11.3. The lowest BCUT2D eigenvalue weighted by molar-refractivity contribution is -0.125. The van der Waals surface area contributed by atoms with Crippen LogP contribution in [0.3, 0.4) is 0 Å². The van der Waals surface area contributed by atoms with Gasteiger partial charge in [0.15, 0.2) is 5.78 Å². The monoisotopic (exact) mass is 154 g/mol. The smallest absolute Gasteiger partial charge is 0.186 e. The Kier molecular flexibility index (Phi) is 2.45. The Morgan fingerprint density at radius 3 is 2.55 bits per heavy atom. The summed E-state index contributed by atoms with van der Waals surface area (Å²) in [5.74, 6) is 0.0642. The molecule has 0 radical (unpaired) electrons. The fourth-order valence-electron chi connectivity index (χ4n) is 1.27. The van der Waals surface area contributed by atoms with Gasteiger partial charge in [0.1, 0.15) is 6.10 Å². The average molecular weight is 154 g/mol. The van der Waals surface area contributed by atoms with Crippen LogP contribution in [-0.4, -0.2) is 18.0 Å². The molecule has 0 aromatic heterocycles. The zero-order valence-corrected chi connectivity index (χ0v) is 7.09. The van der Waals surface area contributed by atoms with Crippen LogP contribution >= 0.6 is 0 Å². The van der Waals surface area contributed by atoms with Gasteiger partial charge in [-0.15, -0.1) is 0 Å². The molecule has 2 unspecified atom stereocenters. The fraction of sp³-hybridized carbons (Fsp3) is 0.667. The second-order valence-corrected chi connectivity index (χ2v) is 3.16. The van der Waals surface area contributed by atoms with E-state index in [2.05, 4.69) is 6.58 Å². The van der Waals surface area contributed by atoms with Crippen molar-refractivity contribution in [1.82, 2.24) is 0 Å². The van der Waals surface area contributed by atoms with Gasteiger partial charge in [-0.25, -0.2) is 0 Å². The Hall–Kier alpha value is -0.630. The molecule has 1 fully saturated rings. The Bertz CT molecular complexity index is 184. The number of carbonyl (C=O) groups is 1. The van der Waals surface area contributed by atoms with Crippen molar-refractivity contribution in [3.63, 3.8) is 0 Å². The third kappa shape index (κ3) is 1.90. The van der Waals surface area contributed by atoms with Gasteiger partial charge >= 0.3 is 0 Å². The molecule has 62 valence electrons. The quantitative estimate of drug-likeness (QED) is 0.566. The van der Waals surface area contributed by atoms with E-state index in [0.717, 1.165) is 12.8 Å². The highest BCUT2D eigenvalue weighted by Crippen LogP contribution is 2.21. The van der Waals surface area contributed by atoms with Gasteiger partial charge in [0.25, 0.3) is 0 Å². The van der Waals surface area contributed by atoms with E-state index in [4.69, 9.17) is 4.74 Å². The van der Waals surface area contributed by atoms with E-state index < -0.39 is 0 Å². The molecule has 11 heavy (non-hydrogen) atoms. The molecule has 1 aliphatic heterocycles. The van der Waals surface area contributed by atoms with Crippen molar-refractivity contribution in [3.8, 4) is 0 Å². The number of hydrogen-bond donors (Lipinski definition) is 0. The van der Waals surface area contributed by atoms with E-state index in [0.29, 0.717) is 5.57 Å². The summed E-state index contributed by atoms with van der Waals surface area (Å²) in [6, 6.07) is 0. The van der Waals surface area contributed by atoms with Gasteiger partial charge in [-0.1, -0.05) is 6.58 Å². The van der Waals surface area contributed by atoms with Crippen LogP contribution in [0.4, 0.5) is 0 Å². The minimum atomic E-state index is -0.206. The molecule has 0 aromatic carbocycles. The van der Waals surface area contributed by atoms with Crippen molar-refractivity contribution in [2.45, 2.75) is 38.9 Å². The number of rotatable bonds is 2. The van der Waals surface area contributed by atoms with Gasteiger partial charge in [-0.2, -0.15) is 0 Å². The Labute approximate surface area is 67.2 Å². The lowest BCUT2D eigenvalue weighted by atomic mass is 10.1. The molecular formula is C9H14O2. The van der Waals surface area contributed by atoms with Crippen molar-refractivity contribution < 1.29 is 9.53 Å². The Balaban J connectivity index is 2.50. The lowest BCUT2D eigenvalue weighted by Gasteiger charge is -2.08. The van der Waals surface area contributed by atoms with Crippen molar-refractivity contribution in [2.24, 2.45) is 0 Å². The van der Waals surface area contributed by atoms with E-state index in [1.807, 2.05) is 6.92 Å². The number of ether oxygens (including phenoxy) is 1. The number of carbonyl (C=O) groups excluding carboxylic acids is 1. The molecule has 2 atom stereocenters. The maximum Gasteiger partial charge on any atom is 0.186 e. The predicted molar refractivity (Wildman–Crippen MR) is 43.4 cm³/mol. The van der Waals surface area contributed by atoms with Crippen LogP contribution in [0.1, 0.15) is 26.7 Å². The molecule has 0 N–H and O–H groups in total. The highest BCUT2D eigenvalue weighted by Gasteiger charge is 2.27. The molecule has 0 spiro atoms. The van der Waals surface area contributed by atoms with Gasteiger partial charge < -0.3 is 4.74 Å². The number of hydrogen-bond acceptors (Lipinski definition) is 2. The average Bonchev–Trinajstić information content (AvgIpc) is 2.34. The van der Waals surface area contributed by atoms with Crippen molar-refractivity contribution in [2.75, 3.05) is 0 Å². The fourth-order valence-corrected chi connectivity index (χ4v) is 1.27. The van der Waals surface area contributed by atoms with E-state index in [1.54, 1.807) is 6.92 Å². The molecule has 1 aliphatic rings. The molecule has 0 amide bonds. The van der Waals surface area contributed by atoms with Gasteiger partial charge in [0, 0.05) is 0 Å². The zero-order chi connectivity index (χ0) is 8.43. The Morgan fingerprint density at radius 2 is 2.18 bits per heavy atom. The van der Waals surface area contributed by atoms with Crippen LogP contribution in [0.25, 0.3) is 0 Å². The SMILES string of the molecule is C=C(C)C(=O)C1CCC(C)O1. The summed E-state index contributed by atoms with van der Waals surface area (Å²) in [7, 11) is 0. The first kappa shape index (κ1) is 8.47. The first-order valence-electron chi connectivity index (χ1n) is 3.96. The minimum Gasteiger partial charge on any atom is -0.367 e. The standard InChI is InChI=1S/C9H14O2/c1-6(2)9(10)8-5-4-7(3)11-8/h7-8H,1,4-5H2,2-3H3. The molecular weight excluding hydrogens is 140 g/mol. The second kappa shape index (κ2) is 3.18. The van der Waals surface area contributed by atoms with Crippen LogP contribution in [0.15, 0.2) is 12.2 Å². The molecule has 1 heterocycles. The predicted octanol–water partition coefficient (Wildman–Crippen LogP) is 1.70. The second-order valence-electron chi connectivity index (χ2n) is 3.16. The molecule has 0 saturated carbocycles. The molecule has 0 aliphatic carbocycles. The maximum absolute atomic E-state index is 11.3. The van der Waals surface area contributed by atoms with Gasteiger partial charge in [0.2, 0.25) is 0 Å². The summed E-state index contributed by atoms with van der Waals surface area (Å²) in [5.41, 5.74) is 0.601. The molecule has 0 bridgehead atoms. The number of Topliss-reactive ketones (excluding diaryl/α,β-unsaturated/α-hetero) is 1. The van der Waals surface area contributed by atoms with E-state index >= 15 is 0 Å². The zero-order valence-electron chi connectivity index (χ0n) is 7.09. The summed E-state index contributed by atoms with van der Waals surface area (Å²) in [6.45, 7) is 7.32. The minimum absolute atomic E-state index is 0.0642. The number of ketones is 1. The van der Waals surface area contributed by atoms with Crippen molar-refractivity contribution in [3.05, 3.63) is 12.2 Å². The molecule has 2 nitrogen and oxygen atoms in total. The summed E-state index contributed by atoms with van der Waals surface area (Å²) >= 11 is 0. The molecule has 0 aromatic rings. The highest BCUT2D eigenvalue weighted by molar-refractivity contribution is 5.97. The van der Waals surface area contributed by atoms with Gasteiger partial charge in [-0.05, 0) is 32.3 Å². The molecule has 1 saturated heterocycles. The lowest BCUT2D eigenvalue weighted by Crippen LogP contribution is -2.20. The van der Waals surface area contributed by atoms with E-state index in [-0.39, 0.29) is 18.0 Å². The summed E-state index contributed by atoms with van der Waals surface area (Å²) < 4.78 is 5.37. The van der Waals surface area contributed by atoms with Crippen LogP contribution in [0.2, 0.25) is 0 Å². The molecule has 2 heteroatoms. The van der Waals surface area contributed by atoms with Crippen LogP contribution in [0, 0.1) is 0 Å². The first-order valence-corrected chi connectivity index (χ1v) is 3.96. The van der Waals surface area contributed by atoms with Crippen LogP contribution < -0.4 is 0 Å². The van der Waals surface area contributed by atoms with Crippen molar-refractivity contribution >= 4 is 5.78 Å². The Morgan fingerprint density at radius 1 is 1.55 bits per heavy atom. The van der Waals surface area contributed by atoms with Crippen molar-refractivity contribution in [1.29, 1.82) is 0 Å². The third-order valence-electron chi connectivity index (χ3n) is 1.95. The van der Waals surface area contributed by atoms with Gasteiger partial charge in [-0.3, -0.25) is 4.79 Å². The van der Waals surface area contributed by atoms with Crippen LogP contribution in [0.5, 0.6) is 0 Å². The van der Waals surface area contributed by atoms with Crippen LogP contribution in [-0.2, 0) is 9.53 Å².